The topological polar surface area (TPSA) is 41.1 Å². The second kappa shape index (κ2) is 7.01. The van der Waals surface area contributed by atoms with Gasteiger partial charge in [-0.1, -0.05) is 0 Å². The average molecular weight is 270 g/mol. The lowest BCUT2D eigenvalue weighted by atomic mass is 10.1. The molecule has 1 N–H and O–H groups in total. The van der Waals surface area contributed by atoms with Crippen LogP contribution in [0.3, 0.4) is 0 Å². The minimum Gasteiger partial charge on any atom is -0.353 e. The quantitative estimate of drug-likeness (QED) is 0.876. The van der Waals surface area contributed by atoms with Gasteiger partial charge in [-0.15, -0.1) is 0 Å². The lowest BCUT2D eigenvalue weighted by Crippen LogP contribution is -2.23. The summed E-state index contributed by atoms with van der Waals surface area (Å²) in [7, 11) is 1.97. The molecule has 4 heteroatoms. The van der Waals surface area contributed by atoms with Crippen LogP contribution in [0.25, 0.3) is 0 Å². The van der Waals surface area contributed by atoms with Gasteiger partial charge in [-0.05, 0) is 56.3 Å². The number of anilines is 1. The Balaban J connectivity index is 2.19. The second-order valence-corrected chi connectivity index (χ2v) is 4.83. The van der Waals surface area contributed by atoms with Crippen molar-refractivity contribution in [3.8, 4) is 0 Å². The first-order chi connectivity index (χ1) is 9.74. The lowest BCUT2D eigenvalue weighted by Gasteiger charge is -2.23. The van der Waals surface area contributed by atoms with Crippen LogP contribution in [0.15, 0.2) is 42.9 Å². The molecule has 2 rings (SSSR count). The van der Waals surface area contributed by atoms with Gasteiger partial charge in [-0.25, -0.2) is 4.98 Å². The van der Waals surface area contributed by atoms with Gasteiger partial charge in [0, 0.05) is 37.7 Å². The van der Waals surface area contributed by atoms with Crippen molar-refractivity contribution in [3.63, 3.8) is 0 Å². The average Bonchev–Trinajstić information content (AvgIpc) is 2.53. The molecular formula is C16H22N4. The highest BCUT2D eigenvalue weighted by Gasteiger charge is 2.09. The maximum Gasteiger partial charge on any atom is 0.129 e. The van der Waals surface area contributed by atoms with Crippen molar-refractivity contribution in [1.29, 1.82) is 0 Å². The summed E-state index contributed by atoms with van der Waals surface area (Å²) in [5, 5.41) is 3.26. The number of nitrogens with one attached hydrogen (secondary N) is 1. The van der Waals surface area contributed by atoms with Crippen LogP contribution >= 0.6 is 0 Å². The van der Waals surface area contributed by atoms with E-state index in [4.69, 9.17) is 0 Å². The summed E-state index contributed by atoms with van der Waals surface area (Å²) >= 11 is 0. The van der Waals surface area contributed by atoms with Gasteiger partial charge < -0.3 is 10.2 Å². The fraction of sp³-hybridized carbons (Fsp3) is 0.375. The predicted octanol–water partition coefficient (Wildman–Crippen LogP) is 2.78. The highest BCUT2D eigenvalue weighted by molar-refractivity contribution is 5.42. The largest absolute Gasteiger partial charge is 0.353 e. The molecule has 0 aromatic carbocycles. The van der Waals surface area contributed by atoms with Gasteiger partial charge in [0.05, 0.1) is 0 Å². The zero-order valence-corrected chi connectivity index (χ0v) is 12.4. The van der Waals surface area contributed by atoms with Crippen molar-refractivity contribution < 1.29 is 0 Å². The third-order valence-corrected chi connectivity index (χ3v) is 3.53. The van der Waals surface area contributed by atoms with Crippen molar-refractivity contribution >= 4 is 5.82 Å². The molecule has 0 aliphatic heterocycles. The van der Waals surface area contributed by atoms with Crippen molar-refractivity contribution in [2.45, 2.75) is 26.4 Å². The summed E-state index contributed by atoms with van der Waals surface area (Å²) in [5.41, 5.74) is 2.50. The molecule has 20 heavy (non-hydrogen) atoms. The highest BCUT2D eigenvalue weighted by atomic mass is 15.2. The molecule has 106 valence electrons. The molecule has 1 unspecified atom stereocenters. The molecule has 0 saturated heterocycles. The Bertz CT molecular complexity index is 527. The van der Waals surface area contributed by atoms with E-state index in [1.54, 1.807) is 0 Å². The van der Waals surface area contributed by atoms with E-state index >= 15 is 0 Å². The van der Waals surface area contributed by atoms with Gasteiger partial charge in [0.2, 0.25) is 0 Å². The molecule has 0 aliphatic carbocycles. The standard InChI is InChI=1S/C16H22N4/c1-4-20(12-14-5-8-18-9-6-14)16-11-15(7-10-19-16)13(2)17-3/h5-11,13,17H,4,12H2,1-3H3. The Kier molecular flexibility index (Phi) is 5.07. The SMILES string of the molecule is CCN(Cc1ccncc1)c1cc(C(C)NC)ccn1. The normalized spacial score (nSPS) is 12.2. The van der Waals surface area contributed by atoms with E-state index in [0.717, 1.165) is 18.9 Å². The first-order valence-electron chi connectivity index (χ1n) is 7.01. The van der Waals surface area contributed by atoms with Gasteiger partial charge in [0.25, 0.3) is 0 Å². The Labute approximate surface area is 120 Å². The number of aromatic nitrogens is 2. The van der Waals surface area contributed by atoms with Crippen molar-refractivity contribution in [2.75, 3.05) is 18.5 Å². The van der Waals surface area contributed by atoms with Gasteiger partial charge in [-0.3, -0.25) is 4.98 Å². The molecule has 2 aromatic rings. The summed E-state index contributed by atoms with van der Waals surface area (Å²) in [6.07, 6.45) is 5.54. The lowest BCUT2D eigenvalue weighted by molar-refractivity contribution is 0.650. The summed E-state index contributed by atoms with van der Waals surface area (Å²) in [6.45, 7) is 6.07. The molecule has 4 nitrogen and oxygen atoms in total. The fourth-order valence-corrected chi connectivity index (χ4v) is 2.11. The molecule has 0 fully saturated rings. The molecule has 2 aromatic heterocycles. The van der Waals surface area contributed by atoms with E-state index < -0.39 is 0 Å². The Morgan fingerprint density at radius 2 is 1.95 bits per heavy atom. The van der Waals surface area contributed by atoms with E-state index in [1.807, 2.05) is 37.8 Å². The third-order valence-electron chi connectivity index (χ3n) is 3.53. The van der Waals surface area contributed by atoms with E-state index in [1.165, 1.54) is 11.1 Å². The van der Waals surface area contributed by atoms with Crippen LogP contribution in [0.2, 0.25) is 0 Å². The Morgan fingerprint density at radius 3 is 2.60 bits per heavy atom. The molecule has 0 bridgehead atoms. The van der Waals surface area contributed by atoms with Crippen molar-refractivity contribution in [1.82, 2.24) is 15.3 Å². The summed E-state index contributed by atoms with van der Waals surface area (Å²) < 4.78 is 0. The zero-order chi connectivity index (χ0) is 14.4. The van der Waals surface area contributed by atoms with Crippen molar-refractivity contribution in [2.24, 2.45) is 0 Å². The molecule has 0 radical (unpaired) electrons. The van der Waals surface area contributed by atoms with Gasteiger partial charge in [0.1, 0.15) is 5.82 Å². The minimum absolute atomic E-state index is 0.330. The Morgan fingerprint density at radius 1 is 1.20 bits per heavy atom. The predicted molar refractivity (Wildman–Crippen MR) is 82.7 cm³/mol. The van der Waals surface area contributed by atoms with Crippen molar-refractivity contribution in [3.05, 3.63) is 54.0 Å². The number of hydrogen-bond acceptors (Lipinski definition) is 4. The van der Waals surface area contributed by atoms with E-state index in [2.05, 4.69) is 46.2 Å². The maximum atomic E-state index is 4.51. The fourth-order valence-electron chi connectivity index (χ4n) is 2.11. The minimum atomic E-state index is 0.330. The number of rotatable bonds is 6. The van der Waals surface area contributed by atoms with E-state index in [0.29, 0.717) is 6.04 Å². The highest BCUT2D eigenvalue weighted by Crippen LogP contribution is 2.19. The monoisotopic (exact) mass is 270 g/mol. The molecule has 0 aliphatic rings. The number of pyridine rings is 2. The molecule has 0 amide bonds. The summed E-state index contributed by atoms with van der Waals surface area (Å²) in [6, 6.07) is 8.64. The molecule has 2 heterocycles. The van der Waals surface area contributed by atoms with Gasteiger partial charge >= 0.3 is 0 Å². The van der Waals surface area contributed by atoms with Crippen LogP contribution in [0, 0.1) is 0 Å². The van der Waals surface area contributed by atoms with Crippen LogP contribution < -0.4 is 10.2 Å². The Hall–Kier alpha value is -1.94. The van der Waals surface area contributed by atoms with E-state index in [9.17, 15) is 0 Å². The molecule has 0 spiro atoms. The third kappa shape index (κ3) is 3.54. The second-order valence-electron chi connectivity index (χ2n) is 4.83. The zero-order valence-electron chi connectivity index (χ0n) is 12.4. The molecular weight excluding hydrogens is 248 g/mol. The van der Waals surface area contributed by atoms with Gasteiger partial charge in [0.15, 0.2) is 0 Å². The molecule has 1 atom stereocenters. The van der Waals surface area contributed by atoms with Crippen LogP contribution in [-0.2, 0) is 6.54 Å². The first-order valence-corrected chi connectivity index (χ1v) is 7.01. The van der Waals surface area contributed by atoms with Crippen LogP contribution in [0.5, 0.6) is 0 Å². The number of hydrogen-bond donors (Lipinski definition) is 1. The maximum absolute atomic E-state index is 4.51. The van der Waals surface area contributed by atoms with Gasteiger partial charge in [-0.2, -0.15) is 0 Å². The van der Waals surface area contributed by atoms with Crippen LogP contribution in [0.4, 0.5) is 5.82 Å². The summed E-state index contributed by atoms with van der Waals surface area (Å²) in [5.74, 6) is 1.02. The summed E-state index contributed by atoms with van der Waals surface area (Å²) in [4.78, 5) is 10.8. The van der Waals surface area contributed by atoms with Crippen LogP contribution in [-0.4, -0.2) is 23.6 Å². The smallest absolute Gasteiger partial charge is 0.129 e. The molecule has 0 saturated carbocycles. The first kappa shape index (κ1) is 14.5. The van der Waals surface area contributed by atoms with E-state index in [-0.39, 0.29) is 0 Å². The van der Waals surface area contributed by atoms with Crippen LogP contribution in [0.1, 0.15) is 31.0 Å². The number of nitrogens with zero attached hydrogens (tertiary/aromatic N) is 3.